The number of rotatable bonds is 8. The van der Waals surface area contributed by atoms with Crippen molar-refractivity contribution in [3.63, 3.8) is 0 Å². The summed E-state index contributed by atoms with van der Waals surface area (Å²) in [5.74, 6) is -0.734. The van der Waals surface area contributed by atoms with Crippen LogP contribution in [0.4, 0.5) is 4.39 Å². The van der Waals surface area contributed by atoms with Gasteiger partial charge in [0, 0.05) is 18.7 Å². The van der Waals surface area contributed by atoms with Crippen molar-refractivity contribution in [1.82, 2.24) is 4.90 Å². The monoisotopic (exact) mass is 373 g/mol. The van der Waals surface area contributed by atoms with Gasteiger partial charge in [-0.05, 0) is 48.4 Å². The van der Waals surface area contributed by atoms with Gasteiger partial charge in [-0.3, -0.25) is 9.59 Å². The van der Waals surface area contributed by atoms with Crippen LogP contribution in [0, 0.1) is 11.7 Å². The first kappa shape index (κ1) is 20.4. The average molecular weight is 373 g/mol. The van der Waals surface area contributed by atoms with E-state index in [0.717, 1.165) is 11.3 Å². The summed E-state index contributed by atoms with van der Waals surface area (Å²) in [7, 11) is 2.93. The molecule has 144 valence electrons. The van der Waals surface area contributed by atoms with Crippen molar-refractivity contribution >= 4 is 11.9 Å². The zero-order chi connectivity index (χ0) is 19.8. The van der Waals surface area contributed by atoms with E-state index in [1.54, 1.807) is 18.9 Å². The fourth-order valence-corrected chi connectivity index (χ4v) is 2.71. The molecule has 0 spiro atoms. The molecule has 0 heterocycles. The fraction of sp³-hybridized carbons (Fsp3) is 0.333. The van der Waals surface area contributed by atoms with Crippen molar-refractivity contribution < 1.29 is 23.5 Å². The molecule has 1 amide bonds. The van der Waals surface area contributed by atoms with Crippen LogP contribution in [0.5, 0.6) is 5.75 Å². The number of amides is 1. The molecular weight excluding hydrogens is 349 g/mol. The van der Waals surface area contributed by atoms with E-state index >= 15 is 0 Å². The molecule has 6 heteroatoms. The Balaban J connectivity index is 2.13. The van der Waals surface area contributed by atoms with E-state index in [1.165, 1.54) is 31.4 Å². The summed E-state index contributed by atoms with van der Waals surface area (Å²) < 4.78 is 23.1. The number of ether oxygens (including phenoxy) is 2. The van der Waals surface area contributed by atoms with E-state index in [0.29, 0.717) is 18.5 Å². The lowest BCUT2D eigenvalue weighted by Gasteiger charge is -2.25. The Hall–Kier alpha value is -2.89. The number of carbonyl (C=O) groups excluding carboxylic acids is 2. The van der Waals surface area contributed by atoms with Crippen LogP contribution in [-0.2, 0) is 16.0 Å². The third kappa shape index (κ3) is 5.81. The molecule has 0 radical (unpaired) electrons. The fourth-order valence-electron chi connectivity index (χ4n) is 2.71. The number of halogens is 1. The minimum atomic E-state index is -0.463. The molecule has 2 aromatic carbocycles. The summed E-state index contributed by atoms with van der Waals surface area (Å²) in [4.78, 5) is 26.2. The maximum Gasteiger partial charge on any atom is 0.310 e. The molecule has 1 atom stereocenters. The van der Waals surface area contributed by atoms with Crippen molar-refractivity contribution in [3.05, 3.63) is 65.5 Å². The maximum absolute atomic E-state index is 13.1. The number of methoxy groups -OCH3 is 2. The second-order valence-corrected chi connectivity index (χ2v) is 6.28. The number of benzene rings is 2. The molecule has 0 aromatic heterocycles. The predicted molar refractivity (Wildman–Crippen MR) is 100 cm³/mol. The Morgan fingerprint density at radius 2 is 1.67 bits per heavy atom. The Labute approximate surface area is 158 Å². The number of esters is 1. The van der Waals surface area contributed by atoms with Gasteiger partial charge in [0.1, 0.15) is 11.6 Å². The molecule has 1 unspecified atom stereocenters. The van der Waals surface area contributed by atoms with Crippen LogP contribution in [0.2, 0.25) is 0 Å². The van der Waals surface area contributed by atoms with Crippen LogP contribution in [0.25, 0.3) is 0 Å². The quantitative estimate of drug-likeness (QED) is 0.666. The predicted octanol–water partition coefficient (Wildman–Crippen LogP) is 3.33. The lowest BCUT2D eigenvalue weighted by molar-refractivity contribution is -0.145. The number of hydrogen-bond donors (Lipinski definition) is 0. The highest BCUT2D eigenvalue weighted by atomic mass is 19.1. The van der Waals surface area contributed by atoms with Gasteiger partial charge in [-0.25, -0.2) is 4.39 Å². The third-order valence-corrected chi connectivity index (χ3v) is 4.31. The van der Waals surface area contributed by atoms with Crippen LogP contribution < -0.4 is 4.74 Å². The van der Waals surface area contributed by atoms with Crippen molar-refractivity contribution in [2.75, 3.05) is 27.3 Å². The minimum Gasteiger partial charge on any atom is -0.497 e. The normalized spacial score (nSPS) is 11.6. The van der Waals surface area contributed by atoms with E-state index in [1.807, 2.05) is 24.3 Å². The lowest BCUT2D eigenvalue weighted by atomic mass is 10.1. The molecule has 0 aliphatic rings. The highest BCUT2D eigenvalue weighted by molar-refractivity contribution is 5.94. The van der Waals surface area contributed by atoms with Crippen molar-refractivity contribution in [2.45, 2.75) is 13.3 Å². The van der Waals surface area contributed by atoms with Crippen molar-refractivity contribution in [3.8, 4) is 5.75 Å². The summed E-state index contributed by atoms with van der Waals surface area (Å²) >= 11 is 0. The van der Waals surface area contributed by atoms with E-state index in [4.69, 9.17) is 9.47 Å². The Bertz CT molecular complexity index is 759. The largest absolute Gasteiger partial charge is 0.497 e. The molecule has 27 heavy (non-hydrogen) atoms. The Morgan fingerprint density at radius 3 is 2.22 bits per heavy atom. The zero-order valence-electron chi connectivity index (χ0n) is 15.8. The van der Waals surface area contributed by atoms with E-state index < -0.39 is 11.7 Å². The molecule has 0 aliphatic carbocycles. The Kier molecular flexibility index (Phi) is 7.34. The SMILES string of the molecule is COC(=O)C(C)CN(CCc1ccc(OC)cc1)C(=O)c1ccc(F)cc1. The number of nitrogens with zero attached hydrogens (tertiary/aromatic N) is 1. The van der Waals surface area contributed by atoms with Crippen LogP contribution in [0.3, 0.4) is 0 Å². The van der Waals surface area contributed by atoms with E-state index in [9.17, 15) is 14.0 Å². The van der Waals surface area contributed by atoms with Crippen LogP contribution in [-0.4, -0.2) is 44.1 Å². The van der Waals surface area contributed by atoms with Gasteiger partial charge in [0.15, 0.2) is 0 Å². The molecule has 0 N–H and O–H groups in total. The topological polar surface area (TPSA) is 55.8 Å². The first-order valence-corrected chi connectivity index (χ1v) is 8.70. The molecular formula is C21H24FNO4. The molecule has 0 saturated heterocycles. The first-order valence-electron chi connectivity index (χ1n) is 8.70. The van der Waals surface area contributed by atoms with Gasteiger partial charge in [-0.2, -0.15) is 0 Å². The summed E-state index contributed by atoms with van der Waals surface area (Å²) in [5.41, 5.74) is 1.42. The van der Waals surface area contributed by atoms with Crippen molar-refractivity contribution in [1.29, 1.82) is 0 Å². The Morgan fingerprint density at radius 1 is 1.04 bits per heavy atom. The molecule has 0 bridgehead atoms. The van der Waals surface area contributed by atoms with Gasteiger partial charge in [0.05, 0.1) is 20.1 Å². The van der Waals surface area contributed by atoms with Crippen LogP contribution >= 0.6 is 0 Å². The highest BCUT2D eigenvalue weighted by Gasteiger charge is 2.22. The maximum atomic E-state index is 13.1. The summed E-state index contributed by atoms with van der Waals surface area (Å²) in [6.07, 6.45) is 0.616. The summed E-state index contributed by atoms with van der Waals surface area (Å²) in [5, 5.41) is 0. The number of hydrogen-bond acceptors (Lipinski definition) is 4. The van der Waals surface area contributed by atoms with Gasteiger partial charge in [0.2, 0.25) is 0 Å². The van der Waals surface area contributed by atoms with Crippen molar-refractivity contribution in [2.24, 2.45) is 5.92 Å². The molecule has 2 rings (SSSR count). The standard InChI is InChI=1S/C21H24FNO4/c1-15(21(25)27-3)14-23(20(24)17-6-8-18(22)9-7-17)13-12-16-4-10-19(26-2)11-5-16/h4-11,15H,12-14H2,1-3H3. The number of carbonyl (C=O) groups is 2. The van der Waals surface area contributed by atoms with E-state index in [2.05, 4.69) is 0 Å². The molecule has 0 aliphatic heterocycles. The molecule has 0 saturated carbocycles. The highest BCUT2D eigenvalue weighted by Crippen LogP contribution is 2.14. The first-order chi connectivity index (χ1) is 12.9. The summed E-state index contributed by atoms with van der Waals surface area (Å²) in [6, 6.07) is 13.0. The van der Waals surface area contributed by atoms with Gasteiger partial charge in [0.25, 0.3) is 5.91 Å². The molecule has 5 nitrogen and oxygen atoms in total. The zero-order valence-corrected chi connectivity index (χ0v) is 15.8. The van der Waals surface area contributed by atoms with Crippen LogP contribution in [0.1, 0.15) is 22.8 Å². The summed E-state index contributed by atoms with van der Waals surface area (Å²) in [6.45, 7) is 2.35. The van der Waals surface area contributed by atoms with Gasteiger partial charge < -0.3 is 14.4 Å². The van der Waals surface area contributed by atoms with Gasteiger partial charge in [-0.15, -0.1) is 0 Å². The van der Waals surface area contributed by atoms with E-state index in [-0.39, 0.29) is 18.4 Å². The second-order valence-electron chi connectivity index (χ2n) is 6.28. The third-order valence-electron chi connectivity index (χ3n) is 4.31. The smallest absolute Gasteiger partial charge is 0.310 e. The van der Waals surface area contributed by atoms with Gasteiger partial charge >= 0.3 is 5.97 Å². The van der Waals surface area contributed by atoms with Crippen LogP contribution in [0.15, 0.2) is 48.5 Å². The molecule has 2 aromatic rings. The lowest BCUT2D eigenvalue weighted by Crippen LogP contribution is -2.38. The minimum absolute atomic E-state index is 0.221. The second kappa shape index (κ2) is 9.71. The average Bonchev–Trinajstić information content (AvgIpc) is 2.70. The van der Waals surface area contributed by atoms with Gasteiger partial charge in [-0.1, -0.05) is 19.1 Å². The molecule has 0 fully saturated rings.